The predicted octanol–water partition coefficient (Wildman–Crippen LogP) is 2.91. The molecule has 0 spiro atoms. The normalized spacial score (nSPS) is 14.0. The SMILES string of the molecule is C[C@H](OCc1ccccc1)[C@@H](C(=O)O)N(C)C(=O)OC(C)(C)C. The van der Waals surface area contributed by atoms with Crippen LogP contribution in [0.5, 0.6) is 0 Å². The first-order chi connectivity index (χ1) is 10.6. The quantitative estimate of drug-likeness (QED) is 0.871. The molecule has 0 unspecified atom stereocenters. The average Bonchev–Trinajstić information content (AvgIpc) is 2.44. The van der Waals surface area contributed by atoms with Crippen molar-refractivity contribution in [1.82, 2.24) is 4.90 Å². The van der Waals surface area contributed by atoms with Crippen molar-refractivity contribution in [2.75, 3.05) is 7.05 Å². The van der Waals surface area contributed by atoms with Gasteiger partial charge in [0.15, 0.2) is 6.04 Å². The van der Waals surface area contributed by atoms with E-state index in [2.05, 4.69) is 0 Å². The Morgan fingerprint density at radius 1 is 1.22 bits per heavy atom. The van der Waals surface area contributed by atoms with Crippen LogP contribution in [0.25, 0.3) is 0 Å². The van der Waals surface area contributed by atoms with E-state index < -0.39 is 29.8 Å². The fourth-order valence-corrected chi connectivity index (χ4v) is 2.02. The van der Waals surface area contributed by atoms with Crippen molar-refractivity contribution >= 4 is 12.1 Å². The summed E-state index contributed by atoms with van der Waals surface area (Å²) < 4.78 is 10.8. The van der Waals surface area contributed by atoms with Crippen molar-refractivity contribution < 1.29 is 24.2 Å². The molecule has 128 valence electrons. The molecule has 2 atom stereocenters. The average molecular weight is 323 g/mol. The highest BCUT2D eigenvalue weighted by Gasteiger charge is 2.34. The lowest BCUT2D eigenvalue weighted by Crippen LogP contribution is -2.50. The Labute approximate surface area is 137 Å². The number of carbonyl (C=O) groups is 2. The van der Waals surface area contributed by atoms with Crippen LogP contribution < -0.4 is 0 Å². The Morgan fingerprint density at radius 3 is 2.26 bits per heavy atom. The van der Waals surface area contributed by atoms with E-state index in [-0.39, 0.29) is 6.61 Å². The molecule has 0 fully saturated rings. The fourth-order valence-electron chi connectivity index (χ4n) is 2.02. The van der Waals surface area contributed by atoms with Gasteiger partial charge in [-0.1, -0.05) is 30.3 Å². The van der Waals surface area contributed by atoms with Gasteiger partial charge in [-0.25, -0.2) is 9.59 Å². The molecule has 6 nitrogen and oxygen atoms in total. The van der Waals surface area contributed by atoms with Gasteiger partial charge in [-0.3, -0.25) is 4.90 Å². The molecule has 0 bridgehead atoms. The van der Waals surface area contributed by atoms with Gasteiger partial charge in [0.1, 0.15) is 5.60 Å². The third-order valence-corrected chi connectivity index (χ3v) is 3.15. The molecule has 0 saturated carbocycles. The highest BCUT2D eigenvalue weighted by molar-refractivity contribution is 5.80. The van der Waals surface area contributed by atoms with E-state index in [1.807, 2.05) is 30.3 Å². The second kappa shape index (κ2) is 7.97. The van der Waals surface area contributed by atoms with Gasteiger partial charge < -0.3 is 14.6 Å². The number of hydrogen-bond acceptors (Lipinski definition) is 4. The predicted molar refractivity (Wildman–Crippen MR) is 86.1 cm³/mol. The zero-order chi connectivity index (χ0) is 17.6. The Morgan fingerprint density at radius 2 is 1.78 bits per heavy atom. The number of aliphatic carboxylic acids is 1. The van der Waals surface area contributed by atoms with Gasteiger partial charge in [-0.2, -0.15) is 0 Å². The van der Waals surface area contributed by atoms with Gasteiger partial charge >= 0.3 is 12.1 Å². The van der Waals surface area contributed by atoms with Crippen LogP contribution in [0.2, 0.25) is 0 Å². The lowest BCUT2D eigenvalue weighted by Gasteiger charge is -2.31. The number of carboxylic acids is 1. The number of carbonyl (C=O) groups excluding carboxylic acids is 1. The minimum Gasteiger partial charge on any atom is -0.480 e. The Bertz CT molecular complexity index is 524. The topological polar surface area (TPSA) is 76.1 Å². The van der Waals surface area contributed by atoms with Crippen LogP contribution in [0.4, 0.5) is 4.79 Å². The number of nitrogens with zero attached hydrogens (tertiary/aromatic N) is 1. The molecular weight excluding hydrogens is 298 g/mol. The minimum absolute atomic E-state index is 0.272. The van der Waals surface area contributed by atoms with E-state index in [4.69, 9.17) is 9.47 Å². The highest BCUT2D eigenvalue weighted by atomic mass is 16.6. The van der Waals surface area contributed by atoms with E-state index in [9.17, 15) is 14.7 Å². The van der Waals surface area contributed by atoms with Crippen LogP contribution in [0.1, 0.15) is 33.3 Å². The molecule has 0 aliphatic carbocycles. The van der Waals surface area contributed by atoms with Crippen molar-refractivity contribution in [3.05, 3.63) is 35.9 Å². The van der Waals surface area contributed by atoms with E-state index in [1.165, 1.54) is 7.05 Å². The molecule has 0 saturated heterocycles. The molecule has 0 aromatic heterocycles. The number of carboxylic acid groups (broad SMARTS) is 1. The van der Waals surface area contributed by atoms with E-state index >= 15 is 0 Å². The zero-order valence-electron chi connectivity index (χ0n) is 14.3. The molecular formula is C17H25NO5. The fraction of sp³-hybridized carbons (Fsp3) is 0.529. The second-order valence-corrected chi connectivity index (χ2v) is 6.38. The van der Waals surface area contributed by atoms with E-state index in [0.29, 0.717) is 0 Å². The van der Waals surface area contributed by atoms with Crippen molar-refractivity contribution in [3.8, 4) is 0 Å². The van der Waals surface area contributed by atoms with Crippen LogP contribution in [0.3, 0.4) is 0 Å². The number of amides is 1. The molecule has 0 radical (unpaired) electrons. The monoisotopic (exact) mass is 323 g/mol. The van der Waals surface area contributed by atoms with Crippen LogP contribution in [0, 0.1) is 0 Å². The van der Waals surface area contributed by atoms with Gasteiger partial charge in [-0.05, 0) is 33.3 Å². The molecule has 6 heteroatoms. The summed E-state index contributed by atoms with van der Waals surface area (Å²) in [5.41, 5.74) is 0.242. The number of benzene rings is 1. The lowest BCUT2D eigenvalue weighted by molar-refractivity contribution is -0.148. The van der Waals surface area contributed by atoms with Crippen molar-refractivity contribution in [3.63, 3.8) is 0 Å². The molecule has 0 heterocycles. The molecule has 1 aromatic rings. The maximum atomic E-state index is 12.1. The number of rotatable bonds is 6. The van der Waals surface area contributed by atoms with Gasteiger partial charge in [0.25, 0.3) is 0 Å². The smallest absolute Gasteiger partial charge is 0.410 e. The largest absolute Gasteiger partial charge is 0.480 e. The first kappa shape index (κ1) is 19.0. The summed E-state index contributed by atoms with van der Waals surface area (Å²) in [6.45, 7) is 7.08. The van der Waals surface area contributed by atoms with Crippen molar-refractivity contribution in [2.45, 2.75) is 52.0 Å². The maximum Gasteiger partial charge on any atom is 0.410 e. The van der Waals surface area contributed by atoms with Gasteiger partial charge in [0.05, 0.1) is 12.7 Å². The summed E-state index contributed by atoms with van der Waals surface area (Å²) in [6.07, 6.45) is -1.38. The standard InChI is InChI=1S/C17H25NO5/c1-12(22-11-13-9-7-6-8-10-13)14(15(19)20)18(5)16(21)23-17(2,3)4/h6-10,12,14H,11H2,1-5H3,(H,19,20)/t12-,14-/m0/s1. The van der Waals surface area contributed by atoms with Crippen LogP contribution in [-0.4, -0.2) is 46.9 Å². The minimum atomic E-state index is -1.14. The summed E-state index contributed by atoms with van der Waals surface area (Å²) >= 11 is 0. The molecule has 0 aliphatic heterocycles. The number of hydrogen-bond donors (Lipinski definition) is 1. The summed E-state index contributed by atoms with van der Waals surface area (Å²) in [5, 5.41) is 9.43. The molecule has 0 aliphatic rings. The van der Waals surface area contributed by atoms with Gasteiger partial charge in [0.2, 0.25) is 0 Å². The summed E-state index contributed by atoms with van der Waals surface area (Å²) in [4.78, 5) is 24.7. The molecule has 1 aromatic carbocycles. The summed E-state index contributed by atoms with van der Waals surface area (Å²) in [6, 6.07) is 8.30. The number of ether oxygens (including phenoxy) is 2. The van der Waals surface area contributed by atoms with Crippen LogP contribution in [0.15, 0.2) is 30.3 Å². The Hall–Kier alpha value is -2.08. The van der Waals surface area contributed by atoms with Crippen molar-refractivity contribution in [1.29, 1.82) is 0 Å². The zero-order valence-corrected chi connectivity index (χ0v) is 14.3. The van der Waals surface area contributed by atoms with E-state index in [0.717, 1.165) is 10.5 Å². The van der Waals surface area contributed by atoms with E-state index in [1.54, 1.807) is 27.7 Å². The molecule has 1 rings (SSSR count). The molecule has 23 heavy (non-hydrogen) atoms. The Kier molecular flexibility index (Phi) is 6.57. The first-order valence-corrected chi connectivity index (χ1v) is 7.46. The second-order valence-electron chi connectivity index (χ2n) is 6.38. The van der Waals surface area contributed by atoms with Gasteiger partial charge in [-0.15, -0.1) is 0 Å². The maximum absolute atomic E-state index is 12.1. The first-order valence-electron chi connectivity index (χ1n) is 7.46. The Balaban J connectivity index is 2.72. The van der Waals surface area contributed by atoms with Crippen molar-refractivity contribution in [2.24, 2.45) is 0 Å². The summed E-state index contributed by atoms with van der Waals surface area (Å²) in [5.74, 6) is -1.14. The van der Waals surface area contributed by atoms with Crippen LogP contribution in [-0.2, 0) is 20.9 Å². The summed E-state index contributed by atoms with van der Waals surface area (Å²) in [7, 11) is 1.40. The number of likely N-dealkylation sites (N-methyl/N-ethyl adjacent to an activating group) is 1. The third kappa shape index (κ3) is 6.28. The third-order valence-electron chi connectivity index (χ3n) is 3.15. The van der Waals surface area contributed by atoms with Gasteiger partial charge in [0, 0.05) is 7.05 Å². The molecule has 1 N–H and O–H groups in total. The lowest BCUT2D eigenvalue weighted by atomic mass is 10.1. The van der Waals surface area contributed by atoms with Crippen LogP contribution >= 0.6 is 0 Å². The highest BCUT2D eigenvalue weighted by Crippen LogP contribution is 2.15. The molecule has 1 amide bonds.